The van der Waals surface area contributed by atoms with E-state index in [2.05, 4.69) is 5.32 Å². The molecule has 0 aliphatic heterocycles. The minimum Gasteiger partial charge on any atom is -0.322 e. The van der Waals surface area contributed by atoms with Crippen LogP contribution in [0.25, 0.3) is 0 Å². The average Bonchev–Trinajstić information content (AvgIpc) is 2.66. The first-order chi connectivity index (χ1) is 13.7. The highest BCUT2D eigenvalue weighted by atomic mass is 35.5. The van der Waals surface area contributed by atoms with Gasteiger partial charge in [-0.25, -0.2) is 8.42 Å². The monoisotopic (exact) mass is 428 g/mol. The van der Waals surface area contributed by atoms with Gasteiger partial charge in [0.15, 0.2) is 0 Å². The Bertz CT molecular complexity index is 1130. The Balaban J connectivity index is 1.82. The SMILES string of the molecule is Cc1cccc(NC(=O)c2ccc(N(Cc3ccccc3Cl)S(C)(=O)=O)cc2)c1. The van der Waals surface area contributed by atoms with Gasteiger partial charge in [0.25, 0.3) is 5.91 Å². The van der Waals surface area contributed by atoms with E-state index >= 15 is 0 Å². The normalized spacial score (nSPS) is 11.1. The molecule has 0 saturated carbocycles. The van der Waals surface area contributed by atoms with Gasteiger partial charge in [0.2, 0.25) is 10.0 Å². The Labute approximate surface area is 176 Å². The molecule has 0 heterocycles. The Morgan fingerprint density at radius 1 is 1.00 bits per heavy atom. The predicted molar refractivity (Wildman–Crippen MR) is 118 cm³/mol. The van der Waals surface area contributed by atoms with Crippen molar-refractivity contribution < 1.29 is 13.2 Å². The first-order valence-corrected chi connectivity index (χ1v) is 11.2. The number of carbonyl (C=O) groups is 1. The molecule has 3 rings (SSSR count). The van der Waals surface area contributed by atoms with E-state index in [-0.39, 0.29) is 12.5 Å². The molecule has 0 aliphatic rings. The molecule has 0 atom stereocenters. The predicted octanol–water partition coefficient (Wildman–Crippen LogP) is 4.87. The lowest BCUT2D eigenvalue weighted by Gasteiger charge is -2.23. The van der Waals surface area contributed by atoms with Crippen LogP contribution in [0.5, 0.6) is 0 Å². The standard InChI is InChI=1S/C22H21ClN2O3S/c1-16-6-5-8-19(14-16)24-22(26)17-10-12-20(13-11-17)25(29(2,27)28)15-18-7-3-4-9-21(18)23/h3-14H,15H2,1-2H3,(H,24,26). The van der Waals surface area contributed by atoms with Crippen LogP contribution in [0.15, 0.2) is 72.8 Å². The number of rotatable bonds is 6. The molecule has 0 saturated heterocycles. The zero-order valence-corrected chi connectivity index (χ0v) is 17.7. The quantitative estimate of drug-likeness (QED) is 0.609. The van der Waals surface area contributed by atoms with E-state index in [1.54, 1.807) is 48.5 Å². The third kappa shape index (κ3) is 5.37. The van der Waals surface area contributed by atoms with E-state index in [4.69, 9.17) is 11.6 Å². The van der Waals surface area contributed by atoms with Crippen molar-refractivity contribution in [3.8, 4) is 0 Å². The van der Waals surface area contributed by atoms with Gasteiger partial charge in [-0.05, 0) is 60.5 Å². The summed E-state index contributed by atoms with van der Waals surface area (Å²) in [6, 6.07) is 21.0. The zero-order chi connectivity index (χ0) is 21.0. The van der Waals surface area contributed by atoms with E-state index in [1.807, 2.05) is 31.2 Å². The molecule has 0 spiro atoms. The van der Waals surface area contributed by atoms with Gasteiger partial charge in [0, 0.05) is 16.3 Å². The lowest BCUT2D eigenvalue weighted by atomic mass is 10.1. The summed E-state index contributed by atoms with van der Waals surface area (Å²) in [5.74, 6) is -0.265. The first kappa shape index (κ1) is 20.9. The van der Waals surface area contributed by atoms with Crippen molar-refractivity contribution in [2.75, 3.05) is 15.9 Å². The summed E-state index contributed by atoms with van der Waals surface area (Å²) < 4.78 is 25.9. The number of anilines is 2. The fraction of sp³-hybridized carbons (Fsp3) is 0.136. The van der Waals surface area contributed by atoms with Crippen molar-refractivity contribution in [3.05, 3.63) is 94.5 Å². The third-order valence-corrected chi connectivity index (χ3v) is 5.87. The van der Waals surface area contributed by atoms with Crippen LogP contribution in [0.2, 0.25) is 5.02 Å². The minimum absolute atomic E-state index is 0.105. The molecule has 3 aromatic carbocycles. The number of nitrogens with zero attached hydrogens (tertiary/aromatic N) is 1. The van der Waals surface area contributed by atoms with Crippen LogP contribution >= 0.6 is 11.6 Å². The Morgan fingerprint density at radius 3 is 2.31 bits per heavy atom. The highest BCUT2D eigenvalue weighted by Gasteiger charge is 2.19. The van der Waals surface area contributed by atoms with E-state index in [1.165, 1.54) is 4.31 Å². The number of halogens is 1. The fourth-order valence-corrected chi connectivity index (χ4v) is 3.96. The van der Waals surface area contributed by atoms with Crippen LogP contribution in [-0.4, -0.2) is 20.6 Å². The van der Waals surface area contributed by atoms with Gasteiger partial charge in [-0.2, -0.15) is 0 Å². The van der Waals surface area contributed by atoms with Crippen LogP contribution < -0.4 is 9.62 Å². The van der Waals surface area contributed by atoms with Gasteiger partial charge >= 0.3 is 0 Å². The van der Waals surface area contributed by atoms with Crippen LogP contribution in [0.4, 0.5) is 11.4 Å². The maximum atomic E-state index is 12.5. The summed E-state index contributed by atoms with van der Waals surface area (Å²) >= 11 is 6.19. The fourth-order valence-electron chi connectivity index (χ4n) is 2.89. The van der Waals surface area contributed by atoms with Crippen molar-refractivity contribution >= 4 is 38.9 Å². The van der Waals surface area contributed by atoms with Crippen LogP contribution in [0, 0.1) is 6.92 Å². The number of hydrogen-bond donors (Lipinski definition) is 1. The molecule has 0 radical (unpaired) electrons. The van der Waals surface area contributed by atoms with Gasteiger partial charge in [-0.1, -0.05) is 41.9 Å². The summed E-state index contributed by atoms with van der Waals surface area (Å²) in [4.78, 5) is 12.5. The molecule has 3 aromatic rings. The summed E-state index contributed by atoms with van der Waals surface area (Å²) in [5.41, 5.74) is 3.33. The van der Waals surface area contributed by atoms with Crippen molar-refractivity contribution in [2.45, 2.75) is 13.5 Å². The number of benzene rings is 3. The molecule has 29 heavy (non-hydrogen) atoms. The average molecular weight is 429 g/mol. The molecule has 1 amide bonds. The topological polar surface area (TPSA) is 66.5 Å². The van der Waals surface area contributed by atoms with Crippen molar-refractivity contribution in [1.29, 1.82) is 0 Å². The van der Waals surface area contributed by atoms with Crippen LogP contribution in [-0.2, 0) is 16.6 Å². The Hall–Kier alpha value is -2.83. The zero-order valence-electron chi connectivity index (χ0n) is 16.1. The van der Waals surface area contributed by atoms with E-state index in [9.17, 15) is 13.2 Å². The Kier molecular flexibility index (Phi) is 6.25. The molecule has 7 heteroatoms. The molecule has 0 fully saturated rings. The van der Waals surface area contributed by atoms with E-state index in [0.717, 1.165) is 11.8 Å². The molecule has 0 bridgehead atoms. The van der Waals surface area contributed by atoms with Gasteiger partial charge in [0.1, 0.15) is 0 Å². The molecular weight excluding hydrogens is 408 g/mol. The second-order valence-corrected chi connectivity index (χ2v) is 9.05. The second-order valence-electron chi connectivity index (χ2n) is 6.73. The second kappa shape index (κ2) is 8.68. The molecular formula is C22H21ClN2O3S. The summed E-state index contributed by atoms with van der Waals surface area (Å²) in [7, 11) is -3.55. The van der Waals surface area contributed by atoms with Gasteiger partial charge < -0.3 is 5.32 Å². The first-order valence-electron chi connectivity index (χ1n) is 8.93. The number of amides is 1. The van der Waals surface area contributed by atoms with Crippen LogP contribution in [0.1, 0.15) is 21.5 Å². The molecule has 150 valence electrons. The van der Waals surface area contributed by atoms with Crippen molar-refractivity contribution in [3.63, 3.8) is 0 Å². The summed E-state index contributed by atoms with van der Waals surface area (Å²) in [6.07, 6.45) is 1.14. The summed E-state index contributed by atoms with van der Waals surface area (Å²) in [5, 5.41) is 3.33. The maximum Gasteiger partial charge on any atom is 0.255 e. The largest absolute Gasteiger partial charge is 0.322 e. The molecule has 0 aromatic heterocycles. The van der Waals surface area contributed by atoms with E-state index in [0.29, 0.717) is 27.5 Å². The smallest absolute Gasteiger partial charge is 0.255 e. The lowest BCUT2D eigenvalue weighted by Crippen LogP contribution is -2.29. The number of aryl methyl sites for hydroxylation is 1. The third-order valence-electron chi connectivity index (χ3n) is 4.37. The minimum atomic E-state index is -3.55. The number of carbonyl (C=O) groups excluding carboxylic acids is 1. The molecule has 0 aliphatic carbocycles. The van der Waals surface area contributed by atoms with Gasteiger partial charge in [-0.15, -0.1) is 0 Å². The highest BCUT2D eigenvalue weighted by Crippen LogP contribution is 2.24. The number of hydrogen-bond acceptors (Lipinski definition) is 3. The van der Waals surface area contributed by atoms with Crippen molar-refractivity contribution in [2.24, 2.45) is 0 Å². The molecule has 0 unspecified atom stereocenters. The van der Waals surface area contributed by atoms with Gasteiger partial charge in [-0.3, -0.25) is 9.10 Å². The van der Waals surface area contributed by atoms with E-state index < -0.39 is 10.0 Å². The van der Waals surface area contributed by atoms with Crippen molar-refractivity contribution in [1.82, 2.24) is 0 Å². The maximum absolute atomic E-state index is 12.5. The number of sulfonamides is 1. The van der Waals surface area contributed by atoms with Gasteiger partial charge in [0.05, 0.1) is 18.5 Å². The van der Waals surface area contributed by atoms with Crippen LogP contribution in [0.3, 0.4) is 0 Å². The lowest BCUT2D eigenvalue weighted by molar-refractivity contribution is 0.102. The molecule has 5 nitrogen and oxygen atoms in total. The molecule has 1 N–H and O–H groups in total. The highest BCUT2D eigenvalue weighted by molar-refractivity contribution is 7.92. The Morgan fingerprint density at radius 2 is 1.69 bits per heavy atom. The summed E-state index contributed by atoms with van der Waals surface area (Å²) in [6.45, 7) is 2.05. The number of nitrogens with one attached hydrogen (secondary N) is 1.